The minimum absolute atomic E-state index is 0.106. The van der Waals surface area contributed by atoms with E-state index in [1.54, 1.807) is 4.90 Å². The number of benzene rings is 1. The number of hydrogen-bond donors (Lipinski definition) is 1. The van der Waals surface area contributed by atoms with Crippen molar-refractivity contribution in [3.8, 4) is 0 Å². The molecule has 1 saturated carbocycles. The third-order valence-corrected chi connectivity index (χ3v) is 3.51. The Balaban J connectivity index is 1.84. The zero-order valence-corrected chi connectivity index (χ0v) is 11.1. The molecule has 0 spiro atoms. The second kappa shape index (κ2) is 7.14. The predicted molar refractivity (Wildman–Crippen MR) is 72.7 cm³/mol. The van der Waals surface area contributed by atoms with Crippen molar-refractivity contribution in [1.29, 1.82) is 0 Å². The average molecular weight is 263 g/mol. The molecule has 1 aliphatic rings. The Hall–Kier alpha value is -1.55. The van der Waals surface area contributed by atoms with E-state index in [-0.39, 0.29) is 12.7 Å². The maximum absolute atomic E-state index is 12.1. The molecule has 0 heterocycles. The summed E-state index contributed by atoms with van der Waals surface area (Å²) in [6.45, 7) is 0.992. The maximum atomic E-state index is 12.1. The van der Waals surface area contributed by atoms with Gasteiger partial charge in [-0.2, -0.15) is 0 Å². The summed E-state index contributed by atoms with van der Waals surface area (Å²) >= 11 is 0. The van der Waals surface area contributed by atoms with Crippen LogP contribution in [0.25, 0.3) is 0 Å². The molecule has 0 unspecified atom stereocenters. The molecule has 0 radical (unpaired) electrons. The van der Waals surface area contributed by atoms with Gasteiger partial charge in [0.2, 0.25) is 0 Å². The summed E-state index contributed by atoms with van der Waals surface area (Å²) in [7, 11) is 0. The Bertz CT molecular complexity index is 390. The quantitative estimate of drug-likeness (QED) is 0.858. The second-order valence-electron chi connectivity index (χ2n) is 4.90. The Morgan fingerprint density at radius 3 is 2.63 bits per heavy atom. The lowest BCUT2D eigenvalue weighted by Crippen LogP contribution is -2.45. The van der Waals surface area contributed by atoms with E-state index in [0.29, 0.717) is 25.6 Å². The van der Waals surface area contributed by atoms with Gasteiger partial charge in [-0.1, -0.05) is 30.3 Å². The van der Waals surface area contributed by atoms with E-state index in [2.05, 4.69) is 0 Å². The van der Waals surface area contributed by atoms with Crippen LogP contribution in [0.5, 0.6) is 0 Å². The number of nitrogens with zero attached hydrogens (tertiary/aromatic N) is 1. The fourth-order valence-corrected chi connectivity index (χ4v) is 2.16. The first-order valence-corrected chi connectivity index (χ1v) is 6.89. The Morgan fingerprint density at radius 2 is 2.05 bits per heavy atom. The van der Waals surface area contributed by atoms with Gasteiger partial charge in [0, 0.05) is 19.2 Å². The van der Waals surface area contributed by atoms with E-state index in [0.717, 1.165) is 18.4 Å². The van der Waals surface area contributed by atoms with Crippen molar-refractivity contribution >= 4 is 6.09 Å². The molecule has 1 aliphatic carbocycles. The predicted octanol–water partition coefficient (Wildman–Crippen LogP) is 2.56. The summed E-state index contributed by atoms with van der Waals surface area (Å²) in [4.78, 5) is 13.8. The molecule has 1 aromatic carbocycles. The highest BCUT2D eigenvalue weighted by Gasteiger charge is 2.29. The molecule has 1 fully saturated rings. The van der Waals surface area contributed by atoms with E-state index in [1.165, 1.54) is 6.42 Å². The molecule has 0 aliphatic heterocycles. The van der Waals surface area contributed by atoms with Crippen molar-refractivity contribution < 1.29 is 14.6 Å². The molecule has 4 nitrogen and oxygen atoms in total. The van der Waals surface area contributed by atoms with Crippen molar-refractivity contribution in [2.75, 3.05) is 13.2 Å². The number of carbonyl (C=O) groups is 1. The topological polar surface area (TPSA) is 49.8 Å². The summed E-state index contributed by atoms with van der Waals surface area (Å²) in [6, 6.07) is 9.98. The van der Waals surface area contributed by atoms with Gasteiger partial charge in [0.15, 0.2) is 0 Å². The lowest BCUT2D eigenvalue weighted by atomic mass is 9.91. The van der Waals surface area contributed by atoms with Crippen LogP contribution >= 0.6 is 0 Å². The summed E-state index contributed by atoms with van der Waals surface area (Å²) in [6.07, 6.45) is 3.61. The van der Waals surface area contributed by atoms with Crippen LogP contribution in [0.4, 0.5) is 4.79 Å². The highest BCUT2D eigenvalue weighted by atomic mass is 16.6. The number of amides is 1. The van der Waals surface area contributed by atoms with E-state index < -0.39 is 0 Å². The second-order valence-corrected chi connectivity index (χ2v) is 4.90. The van der Waals surface area contributed by atoms with Crippen molar-refractivity contribution in [2.24, 2.45) is 0 Å². The van der Waals surface area contributed by atoms with Gasteiger partial charge in [0.05, 0.1) is 0 Å². The van der Waals surface area contributed by atoms with Gasteiger partial charge in [0.1, 0.15) is 6.61 Å². The zero-order chi connectivity index (χ0) is 13.5. The Kier molecular flexibility index (Phi) is 5.21. The Labute approximate surface area is 114 Å². The van der Waals surface area contributed by atoms with Crippen LogP contribution in [0.1, 0.15) is 31.2 Å². The first kappa shape index (κ1) is 13.9. The fourth-order valence-electron chi connectivity index (χ4n) is 2.16. The first-order valence-electron chi connectivity index (χ1n) is 6.89. The smallest absolute Gasteiger partial charge is 0.410 e. The van der Waals surface area contributed by atoms with Crippen LogP contribution in [0.3, 0.4) is 0 Å². The van der Waals surface area contributed by atoms with Gasteiger partial charge in [-0.05, 0) is 31.2 Å². The summed E-state index contributed by atoms with van der Waals surface area (Å²) < 4.78 is 5.35. The van der Waals surface area contributed by atoms with Gasteiger partial charge in [0.25, 0.3) is 0 Å². The van der Waals surface area contributed by atoms with Crippen LogP contribution in [0, 0.1) is 0 Å². The largest absolute Gasteiger partial charge is 0.445 e. The van der Waals surface area contributed by atoms with Crippen molar-refractivity contribution in [2.45, 2.75) is 38.3 Å². The summed E-state index contributed by atoms with van der Waals surface area (Å²) in [5.41, 5.74) is 0.992. The number of aliphatic hydroxyl groups is 1. The van der Waals surface area contributed by atoms with Gasteiger partial charge >= 0.3 is 6.09 Å². The molecular formula is C15H21NO3. The normalized spacial score (nSPS) is 14.8. The zero-order valence-electron chi connectivity index (χ0n) is 11.1. The summed E-state index contributed by atoms with van der Waals surface area (Å²) in [5.74, 6) is 0. The highest BCUT2D eigenvalue weighted by Crippen LogP contribution is 2.25. The van der Waals surface area contributed by atoms with Gasteiger partial charge in [-0.25, -0.2) is 4.79 Å². The molecule has 4 heteroatoms. The van der Waals surface area contributed by atoms with Crippen LogP contribution in [0.15, 0.2) is 30.3 Å². The van der Waals surface area contributed by atoms with Crippen molar-refractivity contribution in [3.05, 3.63) is 35.9 Å². The molecule has 19 heavy (non-hydrogen) atoms. The number of ether oxygens (including phenoxy) is 1. The molecule has 1 amide bonds. The molecule has 0 bridgehead atoms. The lowest BCUT2D eigenvalue weighted by Gasteiger charge is -2.36. The lowest BCUT2D eigenvalue weighted by molar-refractivity contribution is 0.0592. The minimum atomic E-state index is -0.262. The molecule has 0 aromatic heterocycles. The van der Waals surface area contributed by atoms with E-state index in [1.807, 2.05) is 30.3 Å². The van der Waals surface area contributed by atoms with E-state index >= 15 is 0 Å². The van der Waals surface area contributed by atoms with Crippen LogP contribution in [-0.2, 0) is 11.3 Å². The highest BCUT2D eigenvalue weighted by molar-refractivity contribution is 5.68. The average Bonchev–Trinajstić information content (AvgIpc) is 2.39. The third-order valence-electron chi connectivity index (χ3n) is 3.51. The number of rotatable bonds is 6. The van der Waals surface area contributed by atoms with Gasteiger partial charge in [-0.15, -0.1) is 0 Å². The molecule has 1 aromatic rings. The number of carbonyl (C=O) groups excluding carboxylic acids is 1. The molecule has 104 valence electrons. The first-order chi connectivity index (χ1) is 9.31. The molecule has 0 saturated heterocycles. The van der Waals surface area contributed by atoms with Gasteiger partial charge in [-0.3, -0.25) is 0 Å². The third kappa shape index (κ3) is 3.96. The van der Waals surface area contributed by atoms with Crippen LogP contribution in [-0.4, -0.2) is 35.3 Å². The fraction of sp³-hybridized carbons (Fsp3) is 0.533. The molecule has 1 N–H and O–H groups in total. The molecule has 0 atom stereocenters. The van der Waals surface area contributed by atoms with Crippen molar-refractivity contribution in [3.63, 3.8) is 0 Å². The molecule has 2 rings (SSSR count). The standard InChI is InChI=1S/C15H21NO3/c17-11-5-10-16(14-8-4-9-14)15(18)19-12-13-6-2-1-3-7-13/h1-3,6-7,14,17H,4-5,8-12H2. The molecular weight excluding hydrogens is 242 g/mol. The van der Waals surface area contributed by atoms with E-state index in [4.69, 9.17) is 9.84 Å². The van der Waals surface area contributed by atoms with Crippen LogP contribution < -0.4 is 0 Å². The maximum Gasteiger partial charge on any atom is 0.410 e. The van der Waals surface area contributed by atoms with Crippen molar-refractivity contribution in [1.82, 2.24) is 4.90 Å². The van der Waals surface area contributed by atoms with E-state index in [9.17, 15) is 4.79 Å². The monoisotopic (exact) mass is 263 g/mol. The number of hydrogen-bond acceptors (Lipinski definition) is 3. The SMILES string of the molecule is O=C(OCc1ccccc1)N(CCCO)C1CCC1. The Morgan fingerprint density at radius 1 is 1.32 bits per heavy atom. The van der Waals surface area contributed by atoms with Gasteiger partial charge < -0.3 is 14.7 Å². The summed E-state index contributed by atoms with van der Waals surface area (Å²) in [5, 5.41) is 8.90. The number of aliphatic hydroxyl groups excluding tert-OH is 1. The minimum Gasteiger partial charge on any atom is -0.445 e. The van der Waals surface area contributed by atoms with Crippen LogP contribution in [0.2, 0.25) is 0 Å².